The Balaban J connectivity index is 2.73. The first-order chi connectivity index (χ1) is 7.18. The van der Waals surface area contributed by atoms with Crippen LogP contribution in [-0.2, 0) is 4.79 Å². The van der Waals surface area contributed by atoms with Crippen molar-refractivity contribution in [3.63, 3.8) is 0 Å². The molecule has 0 saturated heterocycles. The molecule has 5 nitrogen and oxygen atoms in total. The van der Waals surface area contributed by atoms with E-state index < -0.39 is 5.41 Å². The van der Waals surface area contributed by atoms with Crippen molar-refractivity contribution in [2.24, 2.45) is 11.1 Å². The number of rotatable bonds is 5. The van der Waals surface area contributed by atoms with Gasteiger partial charge in [0.2, 0.25) is 11.9 Å². The molecule has 0 atom stereocenters. The second-order valence-electron chi connectivity index (χ2n) is 3.58. The Morgan fingerprint density at radius 1 is 1.60 bits per heavy atom. The number of imidazole rings is 1. The molecule has 0 spiro atoms. The van der Waals surface area contributed by atoms with Crippen LogP contribution in [-0.4, -0.2) is 22.4 Å². The number of nitrogens with zero attached hydrogens (tertiary/aromatic N) is 1. The Morgan fingerprint density at radius 3 is 2.67 bits per heavy atom. The molecule has 0 aliphatic carbocycles. The lowest BCUT2D eigenvalue weighted by Crippen LogP contribution is -2.41. The highest BCUT2D eigenvalue weighted by Crippen LogP contribution is 2.26. The zero-order valence-electron chi connectivity index (χ0n) is 9.21. The first kappa shape index (κ1) is 11.7. The molecule has 0 saturated carbocycles. The van der Waals surface area contributed by atoms with Gasteiger partial charge in [-0.3, -0.25) is 10.1 Å². The van der Waals surface area contributed by atoms with Gasteiger partial charge in [-0.25, -0.2) is 4.98 Å². The van der Waals surface area contributed by atoms with E-state index in [4.69, 9.17) is 5.73 Å². The van der Waals surface area contributed by atoms with E-state index in [0.29, 0.717) is 12.5 Å². The Bertz CT molecular complexity index is 295. The number of hydrogen-bond donors (Lipinski definition) is 3. The lowest BCUT2D eigenvalue weighted by Gasteiger charge is -2.27. The van der Waals surface area contributed by atoms with Gasteiger partial charge < -0.3 is 10.7 Å². The van der Waals surface area contributed by atoms with E-state index in [2.05, 4.69) is 15.3 Å². The summed E-state index contributed by atoms with van der Waals surface area (Å²) in [5.74, 6) is 0.407. The topological polar surface area (TPSA) is 83.8 Å². The molecule has 0 radical (unpaired) electrons. The zero-order chi connectivity index (χ0) is 11.3. The van der Waals surface area contributed by atoms with E-state index in [1.165, 1.54) is 0 Å². The third-order valence-corrected chi connectivity index (χ3v) is 2.96. The number of H-pyrrole nitrogens is 1. The molecule has 5 heteroatoms. The fourth-order valence-corrected chi connectivity index (χ4v) is 1.53. The summed E-state index contributed by atoms with van der Waals surface area (Å²) in [4.78, 5) is 18.7. The fraction of sp³-hybridized carbons (Fsp3) is 0.600. The van der Waals surface area contributed by atoms with Crippen LogP contribution >= 0.6 is 0 Å². The third-order valence-electron chi connectivity index (χ3n) is 2.96. The maximum Gasteiger partial charge on any atom is 0.234 e. The SMILES string of the molecule is CCC(CC)(CN)C(=O)Nc1ncc[nH]1. The van der Waals surface area contributed by atoms with Gasteiger partial charge in [0, 0.05) is 18.9 Å². The average Bonchev–Trinajstić information content (AvgIpc) is 2.74. The highest BCUT2D eigenvalue weighted by atomic mass is 16.2. The van der Waals surface area contributed by atoms with Gasteiger partial charge >= 0.3 is 0 Å². The molecular formula is C10H18N4O. The predicted molar refractivity (Wildman–Crippen MR) is 59.3 cm³/mol. The molecule has 4 N–H and O–H groups in total. The van der Waals surface area contributed by atoms with Crippen molar-refractivity contribution in [1.29, 1.82) is 0 Å². The number of carbonyl (C=O) groups is 1. The standard InChI is InChI=1S/C10H18N4O/c1-3-10(4-2,7-11)8(15)14-9-12-5-6-13-9/h5-6H,3-4,7,11H2,1-2H3,(H2,12,13,14,15). The normalized spacial score (nSPS) is 11.4. The van der Waals surface area contributed by atoms with Gasteiger partial charge in [-0.1, -0.05) is 13.8 Å². The summed E-state index contributed by atoms with van der Waals surface area (Å²) in [6.45, 7) is 4.29. The Kier molecular flexibility index (Phi) is 3.85. The molecular weight excluding hydrogens is 192 g/mol. The molecule has 0 aliphatic rings. The Labute approximate surface area is 89.5 Å². The number of aromatic amines is 1. The van der Waals surface area contributed by atoms with Gasteiger partial charge in [-0.05, 0) is 12.8 Å². The van der Waals surface area contributed by atoms with Crippen molar-refractivity contribution in [1.82, 2.24) is 9.97 Å². The Hall–Kier alpha value is -1.36. The maximum absolute atomic E-state index is 12.0. The second kappa shape index (κ2) is 4.93. The van der Waals surface area contributed by atoms with Crippen LogP contribution in [0.4, 0.5) is 5.95 Å². The van der Waals surface area contributed by atoms with Crippen molar-refractivity contribution in [3.8, 4) is 0 Å². The molecule has 0 aliphatic heterocycles. The first-order valence-electron chi connectivity index (χ1n) is 5.19. The van der Waals surface area contributed by atoms with Crippen LogP contribution in [0.15, 0.2) is 12.4 Å². The molecule has 0 fully saturated rings. The summed E-state index contributed by atoms with van der Waals surface area (Å²) in [7, 11) is 0. The van der Waals surface area contributed by atoms with Crippen molar-refractivity contribution in [2.45, 2.75) is 26.7 Å². The summed E-state index contributed by atoms with van der Waals surface area (Å²) in [5, 5.41) is 2.73. The molecule has 0 unspecified atom stereocenters. The van der Waals surface area contributed by atoms with E-state index in [1.807, 2.05) is 13.8 Å². The number of aromatic nitrogens is 2. The maximum atomic E-state index is 12.0. The zero-order valence-corrected chi connectivity index (χ0v) is 9.21. The summed E-state index contributed by atoms with van der Waals surface area (Å²) >= 11 is 0. The molecule has 0 aromatic carbocycles. The van der Waals surface area contributed by atoms with Crippen LogP contribution in [0.2, 0.25) is 0 Å². The Morgan fingerprint density at radius 2 is 2.27 bits per heavy atom. The fourth-order valence-electron chi connectivity index (χ4n) is 1.53. The molecule has 1 aromatic rings. The largest absolute Gasteiger partial charge is 0.331 e. The van der Waals surface area contributed by atoms with Crippen LogP contribution in [0.5, 0.6) is 0 Å². The van der Waals surface area contributed by atoms with Crippen LogP contribution in [0, 0.1) is 5.41 Å². The predicted octanol–water partition coefficient (Wildman–Crippen LogP) is 1.11. The van der Waals surface area contributed by atoms with E-state index >= 15 is 0 Å². The van der Waals surface area contributed by atoms with Crippen molar-refractivity contribution in [3.05, 3.63) is 12.4 Å². The van der Waals surface area contributed by atoms with Crippen LogP contribution in [0.3, 0.4) is 0 Å². The van der Waals surface area contributed by atoms with E-state index in [0.717, 1.165) is 12.8 Å². The molecule has 1 aromatic heterocycles. The molecule has 0 bridgehead atoms. The molecule has 1 rings (SSSR count). The second-order valence-corrected chi connectivity index (χ2v) is 3.58. The summed E-state index contributed by atoms with van der Waals surface area (Å²) in [6.07, 6.45) is 4.72. The van der Waals surface area contributed by atoms with Gasteiger partial charge in [0.15, 0.2) is 0 Å². The smallest absolute Gasteiger partial charge is 0.234 e. The van der Waals surface area contributed by atoms with Gasteiger partial charge in [0.25, 0.3) is 0 Å². The minimum absolute atomic E-state index is 0.0649. The minimum Gasteiger partial charge on any atom is -0.331 e. The minimum atomic E-state index is -0.479. The number of nitrogens with two attached hydrogens (primary N) is 1. The quantitative estimate of drug-likeness (QED) is 0.680. The van der Waals surface area contributed by atoms with Crippen LogP contribution < -0.4 is 11.1 Å². The molecule has 15 heavy (non-hydrogen) atoms. The van der Waals surface area contributed by atoms with E-state index in [9.17, 15) is 4.79 Å². The number of amides is 1. The van der Waals surface area contributed by atoms with Gasteiger partial charge in [0.1, 0.15) is 0 Å². The summed E-state index contributed by atoms with van der Waals surface area (Å²) < 4.78 is 0. The summed E-state index contributed by atoms with van der Waals surface area (Å²) in [5.41, 5.74) is 5.19. The van der Waals surface area contributed by atoms with E-state index in [1.54, 1.807) is 12.4 Å². The van der Waals surface area contributed by atoms with Gasteiger partial charge in [-0.15, -0.1) is 0 Å². The van der Waals surface area contributed by atoms with E-state index in [-0.39, 0.29) is 5.91 Å². The lowest BCUT2D eigenvalue weighted by atomic mass is 9.81. The number of hydrogen-bond acceptors (Lipinski definition) is 3. The number of nitrogens with one attached hydrogen (secondary N) is 2. The molecule has 1 heterocycles. The third kappa shape index (κ3) is 2.36. The van der Waals surface area contributed by atoms with Gasteiger partial charge in [0.05, 0.1) is 5.41 Å². The van der Waals surface area contributed by atoms with Gasteiger partial charge in [-0.2, -0.15) is 0 Å². The monoisotopic (exact) mass is 210 g/mol. The highest BCUT2D eigenvalue weighted by Gasteiger charge is 2.33. The first-order valence-corrected chi connectivity index (χ1v) is 5.19. The van der Waals surface area contributed by atoms with Crippen LogP contribution in [0.25, 0.3) is 0 Å². The van der Waals surface area contributed by atoms with Crippen molar-refractivity contribution in [2.75, 3.05) is 11.9 Å². The molecule has 1 amide bonds. The molecule has 84 valence electrons. The van der Waals surface area contributed by atoms with Crippen molar-refractivity contribution >= 4 is 11.9 Å². The highest BCUT2D eigenvalue weighted by molar-refractivity contribution is 5.94. The summed E-state index contributed by atoms with van der Waals surface area (Å²) in [6, 6.07) is 0. The average molecular weight is 210 g/mol. The number of carbonyl (C=O) groups excluding carboxylic acids is 1. The van der Waals surface area contributed by atoms with Crippen LogP contribution in [0.1, 0.15) is 26.7 Å². The number of anilines is 1. The lowest BCUT2D eigenvalue weighted by molar-refractivity contribution is -0.125. The van der Waals surface area contributed by atoms with Crippen molar-refractivity contribution < 1.29 is 4.79 Å².